The predicted molar refractivity (Wildman–Crippen MR) is 139 cm³/mol. The number of hydrogen-bond acceptors (Lipinski definition) is 2. The molecule has 0 saturated heterocycles. The van der Waals surface area contributed by atoms with Crippen LogP contribution in [0.25, 0.3) is 0 Å². The molecule has 0 bridgehead atoms. The fourth-order valence-corrected chi connectivity index (χ4v) is 4.12. The third-order valence-corrected chi connectivity index (χ3v) is 6.51. The van der Waals surface area contributed by atoms with Crippen LogP contribution in [0.1, 0.15) is 43.4 Å². The largest absolute Gasteiger partial charge is 0.352 e. The summed E-state index contributed by atoms with van der Waals surface area (Å²) in [6, 6.07) is 22.5. The van der Waals surface area contributed by atoms with Crippen LogP contribution >= 0.6 is 11.6 Å². The molecule has 2 amide bonds. The van der Waals surface area contributed by atoms with E-state index >= 15 is 0 Å². The van der Waals surface area contributed by atoms with Gasteiger partial charge in [0.05, 0.1) is 0 Å². The third kappa shape index (κ3) is 7.66. The van der Waals surface area contributed by atoms with E-state index in [0.29, 0.717) is 23.4 Å². The Morgan fingerprint density at radius 2 is 1.57 bits per heavy atom. The summed E-state index contributed by atoms with van der Waals surface area (Å²) in [5.74, 6) is -0.878. The van der Waals surface area contributed by atoms with Crippen LogP contribution in [0.4, 0.5) is 4.39 Å². The molecule has 0 heterocycles. The Morgan fingerprint density at radius 3 is 2.23 bits per heavy atom. The smallest absolute Gasteiger partial charge is 0.243 e. The van der Waals surface area contributed by atoms with Gasteiger partial charge >= 0.3 is 0 Å². The first-order chi connectivity index (χ1) is 16.9. The van der Waals surface area contributed by atoms with Crippen molar-refractivity contribution in [2.75, 3.05) is 0 Å². The van der Waals surface area contributed by atoms with Crippen molar-refractivity contribution in [2.24, 2.45) is 0 Å². The zero-order valence-corrected chi connectivity index (χ0v) is 21.0. The van der Waals surface area contributed by atoms with Crippen molar-refractivity contribution in [3.63, 3.8) is 0 Å². The Morgan fingerprint density at radius 1 is 0.943 bits per heavy atom. The second kappa shape index (κ2) is 13.1. The molecule has 0 saturated carbocycles. The highest BCUT2D eigenvalue weighted by Crippen LogP contribution is 2.21. The number of nitrogens with one attached hydrogen (secondary N) is 1. The standard InChI is InChI=1S/C29H32ClFN2O2/c1-3-21(2)32-29(35)27(19-22-11-5-4-6-12-22)33(20-24-14-8-10-16-26(24)31)28(34)18-17-23-13-7-9-15-25(23)30/h4-16,21,27H,3,17-20H2,1-2H3,(H,32,35)/t21-,27-/m1/s1. The molecule has 3 aromatic carbocycles. The molecule has 3 aromatic rings. The van der Waals surface area contributed by atoms with Crippen molar-refractivity contribution in [1.29, 1.82) is 0 Å². The van der Waals surface area contributed by atoms with Gasteiger partial charge in [0.25, 0.3) is 0 Å². The Kier molecular flexibility index (Phi) is 9.86. The van der Waals surface area contributed by atoms with Crippen LogP contribution in [-0.4, -0.2) is 28.8 Å². The number of rotatable bonds is 11. The molecule has 0 unspecified atom stereocenters. The second-order valence-corrected chi connectivity index (χ2v) is 9.14. The topological polar surface area (TPSA) is 49.4 Å². The van der Waals surface area contributed by atoms with E-state index in [1.807, 2.05) is 62.4 Å². The molecular weight excluding hydrogens is 463 g/mol. The zero-order valence-electron chi connectivity index (χ0n) is 20.2. The first-order valence-electron chi connectivity index (χ1n) is 12.0. The molecule has 6 heteroatoms. The highest BCUT2D eigenvalue weighted by Gasteiger charge is 2.31. The van der Waals surface area contributed by atoms with Crippen LogP contribution in [0.3, 0.4) is 0 Å². The molecule has 3 rings (SSSR count). The maximum absolute atomic E-state index is 14.6. The van der Waals surface area contributed by atoms with Gasteiger partial charge in [0.15, 0.2) is 0 Å². The van der Waals surface area contributed by atoms with Crippen molar-refractivity contribution in [1.82, 2.24) is 10.2 Å². The number of amides is 2. The van der Waals surface area contributed by atoms with Crippen molar-refractivity contribution in [3.8, 4) is 0 Å². The monoisotopic (exact) mass is 494 g/mol. The summed E-state index contributed by atoms with van der Waals surface area (Å²) >= 11 is 6.29. The van der Waals surface area contributed by atoms with E-state index in [4.69, 9.17) is 11.6 Å². The molecule has 0 aliphatic heterocycles. The minimum absolute atomic E-state index is 0.000541. The number of benzene rings is 3. The molecule has 0 spiro atoms. The Balaban J connectivity index is 1.93. The van der Waals surface area contributed by atoms with Crippen LogP contribution < -0.4 is 5.32 Å². The molecule has 184 valence electrons. The summed E-state index contributed by atoms with van der Waals surface area (Å²) in [5, 5.41) is 3.61. The average Bonchev–Trinajstić information content (AvgIpc) is 2.87. The van der Waals surface area contributed by atoms with Gasteiger partial charge in [-0.15, -0.1) is 0 Å². The van der Waals surface area contributed by atoms with Crippen LogP contribution in [0.2, 0.25) is 5.02 Å². The van der Waals surface area contributed by atoms with Crippen molar-refractivity contribution in [2.45, 2.75) is 58.2 Å². The predicted octanol–water partition coefficient (Wildman–Crippen LogP) is 5.97. The van der Waals surface area contributed by atoms with Gasteiger partial charge in [-0.05, 0) is 43.0 Å². The molecule has 0 aromatic heterocycles. The van der Waals surface area contributed by atoms with Gasteiger partial charge < -0.3 is 10.2 Å². The van der Waals surface area contributed by atoms with Crippen LogP contribution in [0.15, 0.2) is 78.9 Å². The van der Waals surface area contributed by atoms with E-state index in [1.54, 1.807) is 24.3 Å². The lowest BCUT2D eigenvalue weighted by Crippen LogP contribution is -2.52. The van der Waals surface area contributed by atoms with Gasteiger partial charge in [-0.25, -0.2) is 4.39 Å². The first kappa shape index (κ1) is 26.4. The minimum atomic E-state index is -0.787. The molecule has 0 aliphatic rings. The lowest BCUT2D eigenvalue weighted by molar-refractivity contribution is -0.141. The number of hydrogen-bond donors (Lipinski definition) is 1. The molecular formula is C29H32ClFN2O2. The quantitative estimate of drug-likeness (QED) is 0.357. The zero-order chi connectivity index (χ0) is 25.2. The van der Waals surface area contributed by atoms with Crippen LogP contribution in [0, 0.1) is 5.82 Å². The van der Waals surface area contributed by atoms with E-state index in [-0.39, 0.29) is 30.8 Å². The number of aryl methyl sites for hydroxylation is 1. The lowest BCUT2D eigenvalue weighted by atomic mass is 10.0. The Hall–Kier alpha value is -3.18. The molecule has 0 fully saturated rings. The normalized spacial score (nSPS) is 12.6. The van der Waals surface area contributed by atoms with Gasteiger partial charge in [-0.3, -0.25) is 9.59 Å². The lowest BCUT2D eigenvalue weighted by Gasteiger charge is -2.32. The van der Waals surface area contributed by atoms with Crippen LogP contribution in [-0.2, 0) is 29.0 Å². The van der Waals surface area contributed by atoms with E-state index in [2.05, 4.69) is 5.32 Å². The van der Waals surface area contributed by atoms with E-state index in [1.165, 1.54) is 11.0 Å². The van der Waals surface area contributed by atoms with E-state index in [9.17, 15) is 14.0 Å². The van der Waals surface area contributed by atoms with E-state index < -0.39 is 11.9 Å². The molecule has 2 atom stereocenters. The summed E-state index contributed by atoms with van der Waals surface area (Å²) in [4.78, 5) is 28.6. The second-order valence-electron chi connectivity index (χ2n) is 8.73. The molecule has 1 N–H and O–H groups in total. The van der Waals surface area contributed by atoms with Crippen LogP contribution in [0.5, 0.6) is 0 Å². The summed E-state index contributed by atoms with van der Waals surface area (Å²) in [7, 11) is 0. The fraction of sp³-hybridized carbons (Fsp3) is 0.310. The van der Waals surface area contributed by atoms with Crippen molar-refractivity contribution >= 4 is 23.4 Å². The highest BCUT2D eigenvalue weighted by molar-refractivity contribution is 6.31. The molecule has 0 radical (unpaired) electrons. The summed E-state index contributed by atoms with van der Waals surface area (Å²) < 4.78 is 14.6. The molecule has 0 aliphatic carbocycles. The van der Waals surface area contributed by atoms with E-state index in [0.717, 1.165) is 17.5 Å². The third-order valence-electron chi connectivity index (χ3n) is 6.14. The SMILES string of the molecule is CC[C@@H](C)NC(=O)[C@@H](Cc1ccccc1)N(Cc1ccccc1F)C(=O)CCc1ccccc1Cl. The summed E-state index contributed by atoms with van der Waals surface area (Å²) in [6.07, 6.45) is 1.67. The average molecular weight is 495 g/mol. The number of carbonyl (C=O) groups is 2. The number of nitrogens with zero attached hydrogens (tertiary/aromatic N) is 1. The Bertz CT molecular complexity index is 1120. The van der Waals surface area contributed by atoms with Gasteiger partial charge in [-0.2, -0.15) is 0 Å². The Labute approximate surface area is 212 Å². The molecule has 4 nitrogen and oxygen atoms in total. The van der Waals surface area contributed by atoms with Gasteiger partial charge in [0, 0.05) is 36.0 Å². The maximum Gasteiger partial charge on any atom is 0.243 e. The first-order valence-corrected chi connectivity index (χ1v) is 12.4. The van der Waals surface area contributed by atoms with Gasteiger partial charge in [-0.1, -0.05) is 85.3 Å². The summed E-state index contributed by atoms with van der Waals surface area (Å²) in [5.41, 5.74) is 2.15. The van der Waals surface area contributed by atoms with Crippen molar-refractivity contribution in [3.05, 3.63) is 106 Å². The number of carbonyl (C=O) groups excluding carboxylic acids is 2. The van der Waals surface area contributed by atoms with Crippen molar-refractivity contribution < 1.29 is 14.0 Å². The maximum atomic E-state index is 14.6. The van der Waals surface area contributed by atoms with Gasteiger partial charge in [0.2, 0.25) is 11.8 Å². The summed E-state index contributed by atoms with van der Waals surface area (Å²) in [6.45, 7) is 3.92. The van der Waals surface area contributed by atoms with Gasteiger partial charge in [0.1, 0.15) is 11.9 Å². The minimum Gasteiger partial charge on any atom is -0.352 e. The molecule has 35 heavy (non-hydrogen) atoms. The number of halogens is 2. The highest BCUT2D eigenvalue weighted by atomic mass is 35.5. The fourth-order valence-electron chi connectivity index (χ4n) is 3.89.